The van der Waals surface area contributed by atoms with Gasteiger partial charge in [-0.25, -0.2) is 4.79 Å². The van der Waals surface area contributed by atoms with Gasteiger partial charge in [0.05, 0.1) is 5.75 Å². The van der Waals surface area contributed by atoms with E-state index in [0.29, 0.717) is 24.8 Å². The summed E-state index contributed by atoms with van der Waals surface area (Å²) in [6.07, 6.45) is 9.05. The van der Waals surface area contributed by atoms with Gasteiger partial charge in [0.25, 0.3) is 0 Å². The number of amides is 1. The molecule has 1 saturated carbocycles. The molecule has 6 nitrogen and oxygen atoms in total. The molecule has 0 aromatic carbocycles. The van der Waals surface area contributed by atoms with E-state index in [0.717, 1.165) is 54.8 Å². The molecule has 7 heteroatoms. The first-order chi connectivity index (χ1) is 12.2. The maximum absolute atomic E-state index is 12.4. The Morgan fingerprint density at radius 1 is 1.24 bits per heavy atom. The van der Waals surface area contributed by atoms with Crippen LogP contribution in [0.1, 0.15) is 56.2 Å². The molecule has 2 aliphatic carbocycles. The second-order valence-electron chi connectivity index (χ2n) is 6.90. The van der Waals surface area contributed by atoms with Crippen molar-refractivity contribution >= 4 is 17.7 Å². The van der Waals surface area contributed by atoms with Gasteiger partial charge in [0.15, 0.2) is 0 Å². The Hall–Kier alpha value is -1.34. The Kier molecular flexibility index (Phi) is 6.53. The molecule has 0 unspecified atom stereocenters. The van der Waals surface area contributed by atoms with Gasteiger partial charge in [-0.1, -0.05) is 24.6 Å². The van der Waals surface area contributed by atoms with Gasteiger partial charge in [0.2, 0.25) is 5.91 Å². The van der Waals surface area contributed by atoms with Gasteiger partial charge >= 0.3 is 5.69 Å². The van der Waals surface area contributed by atoms with E-state index in [9.17, 15) is 9.59 Å². The molecule has 2 aliphatic rings. The van der Waals surface area contributed by atoms with Crippen molar-refractivity contribution in [2.24, 2.45) is 0 Å². The third-order valence-electron chi connectivity index (χ3n) is 5.05. The molecule has 0 spiro atoms. The second-order valence-corrected chi connectivity index (χ2v) is 7.86. The number of thioether (sulfide) groups is 1. The van der Waals surface area contributed by atoms with Crippen molar-refractivity contribution in [2.75, 3.05) is 12.4 Å². The first-order valence-corrected chi connectivity index (χ1v) is 10.3. The van der Waals surface area contributed by atoms with E-state index >= 15 is 0 Å². The lowest BCUT2D eigenvalue weighted by Gasteiger charge is -2.22. The highest BCUT2D eigenvalue weighted by atomic mass is 32.2. The van der Waals surface area contributed by atoms with Crippen LogP contribution in [0.3, 0.4) is 0 Å². The number of fused-ring (bicyclic) bond motifs is 1. The summed E-state index contributed by atoms with van der Waals surface area (Å²) in [7, 11) is 0. The minimum Gasteiger partial charge on any atom is -0.396 e. The Balaban J connectivity index is 1.71. The van der Waals surface area contributed by atoms with E-state index in [1.54, 1.807) is 4.57 Å². The van der Waals surface area contributed by atoms with Crippen LogP contribution in [0.25, 0.3) is 0 Å². The zero-order valence-corrected chi connectivity index (χ0v) is 15.4. The third-order valence-corrected chi connectivity index (χ3v) is 6.07. The zero-order valence-electron chi connectivity index (χ0n) is 14.6. The van der Waals surface area contributed by atoms with Crippen molar-refractivity contribution < 1.29 is 9.90 Å². The molecule has 1 aromatic heterocycles. The van der Waals surface area contributed by atoms with Crippen molar-refractivity contribution in [3.63, 3.8) is 0 Å². The van der Waals surface area contributed by atoms with Gasteiger partial charge in [-0.2, -0.15) is 4.98 Å². The number of carbonyl (C=O) groups excluding carboxylic acids is 1. The molecule has 0 atom stereocenters. The SMILES string of the molecule is O=C(CSc1nc(=O)n(CCCO)c2c1CCCC2)NC1CCCC1. The Bertz CT molecular complexity index is 668. The number of rotatable bonds is 7. The monoisotopic (exact) mass is 365 g/mol. The molecule has 3 rings (SSSR count). The van der Waals surface area contributed by atoms with E-state index in [-0.39, 0.29) is 18.2 Å². The zero-order chi connectivity index (χ0) is 17.6. The summed E-state index contributed by atoms with van der Waals surface area (Å²) in [5.41, 5.74) is 1.92. The van der Waals surface area contributed by atoms with Crippen molar-refractivity contribution in [1.82, 2.24) is 14.9 Å². The number of aliphatic hydroxyl groups is 1. The van der Waals surface area contributed by atoms with Crippen LogP contribution in [-0.4, -0.2) is 39.0 Å². The predicted octanol–water partition coefficient (Wildman–Crippen LogP) is 1.66. The number of aliphatic hydroxyl groups excluding tert-OH is 1. The molecule has 1 aromatic rings. The molecule has 1 fully saturated rings. The quantitative estimate of drug-likeness (QED) is 0.567. The molecule has 1 heterocycles. The fourth-order valence-electron chi connectivity index (χ4n) is 3.80. The Morgan fingerprint density at radius 2 is 2.00 bits per heavy atom. The van der Waals surface area contributed by atoms with Crippen molar-refractivity contribution in [3.05, 3.63) is 21.7 Å². The molecule has 0 bridgehead atoms. The molecule has 1 amide bonds. The predicted molar refractivity (Wildman–Crippen MR) is 98.0 cm³/mol. The normalized spacial score (nSPS) is 17.5. The van der Waals surface area contributed by atoms with Crippen molar-refractivity contribution in [3.8, 4) is 0 Å². The smallest absolute Gasteiger partial charge is 0.348 e. The fraction of sp³-hybridized carbons (Fsp3) is 0.722. The summed E-state index contributed by atoms with van der Waals surface area (Å²) < 4.78 is 1.72. The van der Waals surface area contributed by atoms with Crippen LogP contribution in [0.15, 0.2) is 9.82 Å². The molecular formula is C18H27N3O3S. The van der Waals surface area contributed by atoms with Gasteiger partial charge < -0.3 is 10.4 Å². The summed E-state index contributed by atoms with van der Waals surface area (Å²) in [4.78, 5) is 28.8. The molecule has 0 radical (unpaired) electrons. The van der Waals surface area contributed by atoms with Gasteiger partial charge in [0.1, 0.15) is 5.03 Å². The van der Waals surface area contributed by atoms with Crippen LogP contribution in [0.2, 0.25) is 0 Å². The summed E-state index contributed by atoms with van der Waals surface area (Å²) >= 11 is 1.39. The van der Waals surface area contributed by atoms with Crippen LogP contribution in [0.4, 0.5) is 0 Å². The topological polar surface area (TPSA) is 84.2 Å². The van der Waals surface area contributed by atoms with E-state index in [1.807, 2.05) is 0 Å². The molecule has 138 valence electrons. The number of carbonyl (C=O) groups is 1. The summed E-state index contributed by atoms with van der Waals surface area (Å²) in [6.45, 7) is 0.580. The minimum absolute atomic E-state index is 0.0349. The lowest BCUT2D eigenvalue weighted by Crippen LogP contribution is -2.34. The molecule has 0 aliphatic heterocycles. The Labute approximate surface area is 152 Å². The van der Waals surface area contributed by atoms with Gasteiger partial charge in [-0.05, 0) is 44.9 Å². The molecule has 25 heavy (non-hydrogen) atoms. The van der Waals surface area contributed by atoms with Gasteiger partial charge in [-0.15, -0.1) is 0 Å². The van der Waals surface area contributed by atoms with Gasteiger partial charge in [-0.3, -0.25) is 9.36 Å². The number of aromatic nitrogens is 2. The largest absolute Gasteiger partial charge is 0.396 e. The summed E-state index contributed by atoms with van der Waals surface area (Å²) in [6, 6.07) is 0.321. The van der Waals surface area contributed by atoms with Crippen LogP contribution in [-0.2, 0) is 24.2 Å². The summed E-state index contributed by atoms with van der Waals surface area (Å²) in [5, 5.41) is 12.9. The lowest BCUT2D eigenvalue weighted by atomic mass is 9.97. The number of hydrogen-bond acceptors (Lipinski definition) is 5. The van der Waals surface area contributed by atoms with E-state index in [1.165, 1.54) is 24.6 Å². The Morgan fingerprint density at radius 3 is 2.76 bits per heavy atom. The maximum atomic E-state index is 12.4. The second kappa shape index (κ2) is 8.85. The average molecular weight is 365 g/mol. The van der Waals surface area contributed by atoms with Gasteiger partial charge in [0, 0.05) is 30.5 Å². The molecule has 2 N–H and O–H groups in total. The average Bonchev–Trinajstić information content (AvgIpc) is 3.12. The van der Waals surface area contributed by atoms with Crippen LogP contribution >= 0.6 is 11.8 Å². The van der Waals surface area contributed by atoms with E-state index in [2.05, 4.69) is 10.3 Å². The fourth-order valence-corrected chi connectivity index (χ4v) is 4.69. The first-order valence-electron chi connectivity index (χ1n) is 9.34. The first kappa shape index (κ1) is 18.5. The lowest BCUT2D eigenvalue weighted by molar-refractivity contribution is -0.119. The van der Waals surface area contributed by atoms with Crippen molar-refractivity contribution in [2.45, 2.75) is 75.4 Å². The number of hydrogen-bond donors (Lipinski definition) is 2. The van der Waals surface area contributed by atoms with Crippen LogP contribution in [0, 0.1) is 0 Å². The highest BCUT2D eigenvalue weighted by Gasteiger charge is 2.22. The van der Waals surface area contributed by atoms with E-state index in [4.69, 9.17) is 5.11 Å². The highest BCUT2D eigenvalue weighted by Crippen LogP contribution is 2.28. The van der Waals surface area contributed by atoms with E-state index < -0.39 is 0 Å². The number of nitrogens with one attached hydrogen (secondary N) is 1. The minimum atomic E-state index is -0.257. The maximum Gasteiger partial charge on any atom is 0.348 e. The van der Waals surface area contributed by atoms with Crippen LogP contribution in [0.5, 0.6) is 0 Å². The van der Waals surface area contributed by atoms with Crippen LogP contribution < -0.4 is 11.0 Å². The molecule has 0 saturated heterocycles. The number of nitrogens with zero attached hydrogens (tertiary/aromatic N) is 2. The van der Waals surface area contributed by atoms with Crippen molar-refractivity contribution in [1.29, 1.82) is 0 Å². The summed E-state index contributed by atoms with van der Waals surface area (Å²) in [5.74, 6) is 0.350. The highest BCUT2D eigenvalue weighted by molar-refractivity contribution is 7.99. The third kappa shape index (κ3) is 4.64. The standard InChI is InChI=1S/C18H27N3O3S/c22-11-5-10-21-15-9-4-3-8-14(15)17(20-18(21)24)25-12-16(23)19-13-6-1-2-7-13/h13,22H,1-12H2,(H,19,23). The molecular weight excluding hydrogens is 338 g/mol.